The van der Waals surface area contributed by atoms with Crippen LogP contribution in [0.15, 0.2) is 47.0 Å². The molecule has 27 heavy (non-hydrogen) atoms. The molecule has 0 saturated heterocycles. The molecule has 0 radical (unpaired) electrons. The van der Waals surface area contributed by atoms with Crippen molar-refractivity contribution in [3.63, 3.8) is 0 Å². The number of hydrogen-bond donors (Lipinski definition) is 0. The van der Waals surface area contributed by atoms with E-state index in [9.17, 15) is 0 Å². The molecule has 7 heteroatoms. The first kappa shape index (κ1) is 19.1. The minimum Gasteiger partial charge on any atom is -0.382 e. The molecule has 2 aromatic heterocycles. The Balaban J connectivity index is 1.97. The zero-order valence-corrected chi connectivity index (χ0v) is 16.4. The van der Waals surface area contributed by atoms with Crippen LogP contribution in [0.2, 0.25) is 0 Å². The molecule has 0 amide bonds. The Labute approximate surface area is 163 Å². The topological polar surface area (TPSA) is 68.1 Å². The quantitative estimate of drug-likeness (QED) is 0.555. The smallest absolute Gasteiger partial charge is 0.190 e. The lowest BCUT2D eigenvalue weighted by Gasteiger charge is -2.09. The van der Waals surface area contributed by atoms with E-state index in [1.165, 1.54) is 0 Å². The molecule has 6 nitrogen and oxygen atoms in total. The molecule has 3 aromatic rings. The SMILES string of the molecule is CCOCCCn1c(-c2ccc(C#N)cc2)csc1=Nc1cnn(CC)c1. The first-order chi connectivity index (χ1) is 13.2. The van der Waals surface area contributed by atoms with Crippen molar-refractivity contribution in [2.24, 2.45) is 4.99 Å². The fourth-order valence-corrected chi connectivity index (χ4v) is 3.70. The van der Waals surface area contributed by atoms with Gasteiger partial charge in [-0.1, -0.05) is 12.1 Å². The minimum atomic E-state index is 0.661. The maximum absolute atomic E-state index is 9.02. The molecule has 140 valence electrons. The number of thiazole rings is 1. The van der Waals surface area contributed by atoms with E-state index in [2.05, 4.69) is 28.0 Å². The third-order valence-corrected chi connectivity index (χ3v) is 5.01. The number of ether oxygens (including phenoxy) is 1. The highest BCUT2D eigenvalue weighted by atomic mass is 32.1. The number of hydrogen-bond acceptors (Lipinski definition) is 5. The summed E-state index contributed by atoms with van der Waals surface area (Å²) in [4.78, 5) is 5.73. The van der Waals surface area contributed by atoms with Crippen molar-refractivity contribution in [3.05, 3.63) is 52.4 Å². The van der Waals surface area contributed by atoms with Crippen molar-refractivity contribution in [2.75, 3.05) is 13.2 Å². The third kappa shape index (κ3) is 4.73. The van der Waals surface area contributed by atoms with Gasteiger partial charge in [0.15, 0.2) is 4.80 Å². The second kappa shape index (κ2) is 9.31. The molecule has 0 aliphatic rings. The van der Waals surface area contributed by atoms with Crippen molar-refractivity contribution >= 4 is 17.0 Å². The number of aryl methyl sites for hydroxylation is 1. The fraction of sp³-hybridized carbons (Fsp3) is 0.350. The first-order valence-electron chi connectivity index (χ1n) is 9.09. The Kier molecular flexibility index (Phi) is 6.58. The van der Waals surface area contributed by atoms with Crippen LogP contribution in [0.25, 0.3) is 11.3 Å². The number of rotatable bonds is 8. The van der Waals surface area contributed by atoms with E-state index in [4.69, 9.17) is 15.0 Å². The zero-order valence-electron chi connectivity index (χ0n) is 15.6. The summed E-state index contributed by atoms with van der Waals surface area (Å²) < 4.78 is 9.58. The highest BCUT2D eigenvalue weighted by molar-refractivity contribution is 7.07. The second-order valence-corrected chi connectivity index (χ2v) is 6.80. The molecule has 0 fully saturated rings. The summed E-state index contributed by atoms with van der Waals surface area (Å²) in [5.41, 5.74) is 3.69. The fourth-order valence-electron chi connectivity index (χ4n) is 2.74. The lowest BCUT2D eigenvalue weighted by atomic mass is 10.1. The van der Waals surface area contributed by atoms with Crippen molar-refractivity contribution < 1.29 is 4.74 Å². The van der Waals surface area contributed by atoms with Crippen LogP contribution >= 0.6 is 11.3 Å². The average molecular weight is 382 g/mol. The monoisotopic (exact) mass is 381 g/mol. The molecular weight excluding hydrogens is 358 g/mol. The molecule has 2 heterocycles. The summed E-state index contributed by atoms with van der Waals surface area (Å²) in [7, 11) is 0. The molecule has 3 rings (SSSR count). The van der Waals surface area contributed by atoms with Crippen molar-refractivity contribution in [3.8, 4) is 17.3 Å². The Hall–Kier alpha value is -2.69. The molecule has 0 saturated carbocycles. The number of nitriles is 1. The number of nitrogens with zero attached hydrogens (tertiary/aromatic N) is 5. The predicted molar refractivity (Wildman–Crippen MR) is 107 cm³/mol. The number of aromatic nitrogens is 3. The Bertz CT molecular complexity index is 975. The van der Waals surface area contributed by atoms with Gasteiger partial charge in [-0.15, -0.1) is 11.3 Å². The molecule has 0 atom stereocenters. The maximum Gasteiger partial charge on any atom is 0.190 e. The zero-order chi connectivity index (χ0) is 19.1. The summed E-state index contributed by atoms with van der Waals surface area (Å²) in [6.45, 7) is 7.15. The largest absolute Gasteiger partial charge is 0.382 e. The van der Waals surface area contributed by atoms with Crippen LogP contribution < -0.4 is 4.80 Å². The molecule has 0 spiro atoms. The Morgan fingerprint density at radius 1 is 1.26 bits per heavy atom. The standard InChI is InChI=1S/C20H23N5OS/c1-3-24-14-18(13-22-24)23-20-25(10-5-11-26-4-2)19(15-27-20)17-8-6-16(12-21)7-9-17/h6-9,13-15H,3-5,10-11H2,1-2H3. The highest BCUT2D eigenvalue weighted by Crippen LogP contribution is 2.22. The van der Waals surface area contributed by atoms with Crippen molar-refractivity contribution in [1.29, 1.82) is 5.26 Å². The Morgan fingerprint density at radius 2 is 2.07 bits per heavy atom. The molecule has 0 aliphatic carbocycles. The van der Waals surface area contributed by atoms with Gasteiger partial charge in [0.05, 0.1) is 29.7 Å². The van der Waals surface area contributed by atoms with Crippen LogP contribution in [0.1, 0.15) is 25.8 Å². The molecule has 0 unspecified atom stereocenters. The maximum atomic E-state index is 9.02. The lowest BCUT2D eigenvalue weighted by Crippen LogP contribution is -2.17. The summed E-state index contributed by atoms with van der Waals surface area (Å²) in [5, 5.41) is 15.4. The second-order valence-electron chi connectivity index (χ2n) is 5.96. The molecular formula is C20H23N5OS. The van der Waals surface area contributed by atoms with E-state index in [0.29, 0.717) is 5.56 Å². The van der Waals surface area contributed by atoms with E-state index in [1.807, 2.05) is 42.1 Å². The van der Waals surface area contributed by atoms with Crippen LogP contribution in [0.4, 0.5) is 5.69 Å². The van der Waals surface area contributed by atoms with Gasteiger partial charge in [0.1, 0.15) is 5.69 Å². The van der Waals surface area contributed by atoms with Crippen LogP contribution in [-0.4, -0.2) is 27.6 Å². The van der Waals surface area contributed by atoms with Gasteiger partial charge in [-0.2, -0.15) is 10.4 Å². The lowest BCUT2D eigenvalue weighted by molar-refractivity contribution is 0.141. The highest BCUT2D eigenvalue weighted by Gasteiger charge is 2.09. The van der Waals surface area contributed by atoms with Gasteiger partial charge < -0.3 is 9.30 Å². The Morgan fingerprint density at radius 3 is 2.74 bits per heavy atom. The van der Waals surface area contributed by atoms with Crippen molar-refractivity contribution in [1.82, 2.24) is 14.3 Å². The summed E-state index contributed by atoms with van der Waals surface area (Å²) >= 11 is 1.61. The van der Waals surface area contributed by atoms with Crippen LogP contribution in [-0.2, 0) is 17.8 Å². The third-order valence-electron chi connectivity index (χ3n) is 4.15. The van der Waals surface area contributed by atoms with E-state index in [-0.39, 0.29) is 0 Å². The summed E-state index contributed by atoms with van der Waals surface area (Å²) in [6, 6.07) is 9.83. The van der Waals surface area contributed by atoms with Crippen LogP contribution in [0.5, 0.6) is 0 Å². The van der Waals surface area contributed by atoms with E-state index >= 15 is 0 Å². The van der Waals surface area contributed by atoms with E-state index < -0.39 is 0 Å². The first-order valence-corrected chi connectivity index (χ1v) is 9.97. The van der Waals surface area contributed by atoms with Crippen molar-refractivity contribution in [2.45, 2.75) is 33.4 Å². The van der Waals surface area contributed by atoms with Gasteiger partial charge in [0.2, 0.25) is 0 Å². The van der Waals surface area contributed by atoms with Gasteiger partial charge in [-0.25, -0.2) is 4.99 Å². The van der Waals surface area contributed by atoms with E-state index in [1.54, 1.807) is 17.5 Å². The minimum absolute atomic E-state index is 0.661. The van der Waals surface area contributed by atoms with Crippen LogP contribution in [0, 0.1) is 11.3 Å². The van der Waals surface area contributed by atoms with Gasteiger partial charge >= 0.3 is 0 Å². The van der Waals surface area contributed by atoms with Gasteiger partial charge in [-0.05, 0) is 38.0 Å². The van der Waals surface area contributed by atoms with E-state index in [0.717, 1.165) is 54.5 Å². The molecule has 0 N–H and O–H groups in total. The van der Waals surface area contributed by atoms with Crippen LogP contribution in [0.3, 0.4) is 0 Å². The summed E-state index contributed by atoms with van der Waals surface area (Å²) in [6.07, 6.45) is 4.65. The summed E-state index contributed by atoms with van der Waals surface area (Å²) in [5.74, 6) is 0. The normalized spacial score (nSPS) is 11.7. The predicted octanol–water partition coefficient (Wildman–Crippen LogP) is 3.96. The molecule has 0 aliphatic heterocycles. The van der Waals surface area contributed by atoms with Gasteiger partial charge in [0.25, 0.3) is 0 Å². The molecule has 1 aromatic carbocycles. The number of benzene rings is 1. The average Bonchev–Trinajstić information content (AvgIpc) is 3.32. The van der Waals surface area contributed by atoms with Gasteiger partial charge in [-0.3, -0.25) is 4.68 Å². The van der Waals surface area contributed by atoms with Gasteiger partial charge in [0, 0.05) is 31.7 Å². The molecule has 0 bridgehead atoms.